The van der Waals surface area contributed by atoms with Crippen LogP contribution >= 0.6 is 0 Å². The van der Waals surface area contributed by atoms with Gasteiger partial charge >= 0.3 is 5.97 Å². The Kier molecular flexibility index (Phi) is 5.48. The Morgan fingerprint density at radius 1 is 1.25 bits per heavy atom. The van der Waals surface area contributed by atoms with Crippen molar-refractivity contribution < 1.29 is 9.53 Å². The van der Waals surface area contributed by atoms with Crippen molar-refractivity contribution in [3.63, 3.8) is 0 Å². The van der Waals surface area contributed by atoms with Gasteiger partial charge in [-0.05, 0) is 18.1 Å². The first kappa shape index (κ1) is 19.2. The maximum Gasteiger partial charge on any atom is 0.342 e. The molecule has 0 amide bonds. The summed E-state index contributed by atoms with van der Waals surface area (Å²) >= 11 is 0. The lowest BCUT2D eigenvalue weighted by Crippen LogP contribution is -2.17. The summed E-state index contributed by atoms with van der Waals surface area (Å²) in [5, 5.41) is 4.32. The third kappa shape index (κ3) is 4.05. The molecule has 3 aromatic rings. The minimum atomic E-state index is -0.517. The van der Waals surface area contributed by atoms with E-state index in [1.807, 2.05) is 32.0 Å². The number of rotatable bonds is 6. The quantitative estimate of drug-likeness (QED) is 0.632. The van der Waals surface area contributed by atoms with E-state index >= 15 is 0 Å². The number of carbonyl (C=O) groups is 1. The van der Waals surface area contributed by atoms with Crippen LogP contribution in [0.4, 0.5) is 11.9 Å². The predicted octanol–water partition coefficient (Wildman–Crippen LogP) is 1.58. The number of hydrogen-bond donors (Lipinski definition) is 1. The number of pyridine rings is 1. The van der Waals surface area contributed by atoms with Gasteiger partial charge in [-0.15, -0.1) is 0 Å². The van der Waals surface area contributed by atoms with Gasteiger partial charge in [-0.2, -0.15) is 20.1 Å². The van der Waals surface area contributed by atoms with E-state index in [9.17, 15) is 4.79 Å². The van der Waals surface area contributed by atoms with Crippen LogP contribution in [0.15, 0.2) is 30.6 Å². The fraction of sp³-hybridized carbons (Fsp3) is 0.333. The molecule has 0 unspecified atom stereocenters. The van der Waals surface area contributed by atoms with Crippen LogP contribution in [-0.2, 0) is 11.3 Å². The smallest absolute Gasteiger partial charge is 0.342 e. The number of nitrogens with zero attached hydrogens (tertiary/aromatic N) is 7. The highest BCUT2D eigenvalue weighted by atomic mass is 16.5. The van der Waals surface area contributed by atoms with Crippen LogP contribution in [-0.4, -0.2) is 49.8 Å². The van der Waals surface area contributed by atoms with Crippen molar-refractivity contribution in [1.29, 1.82) is 0 Å². The highest BCUT2D eigenvalue weighted by Crippen LogP contribution is 2.23. The van der Waals surface area contributed by atoms with Gasteiger partial charge in [0, 0.05) is 20.3 Å². The molecule has 0 radical (unpaired) electrons. The van der Waals surface area contributed by atoms with Crippen molar-refractivity contribution in [2.75, 3.05) is 24.7 Å². The molecule has 3 heterocycles. The van der Waals surface area contributed by atoms with Gasteiger partial charge in [-0.1, -0.05) is 19.9 Å². The first-order chi connectivity index (χ1) is 13.4. The predicted molar refractivity (Wildman–Crippen MR) is 103 cm³/mol. The Morgan fingerprint density at radius 2 is 2.04 bits per heavy atom. The average Bonchev–Trinajstić information content (AvgIpc) is 3.12. The van der Waals surface area contributed by atoms with Crippen LogP contribution < -0.4 is 10.6 Å². The maximum absolute atomic E-state index is 12.7. The number of hydrogen-bond acceptors (Lipinski definition) is 9. The summed E-state index contributed by atoms with van der Waals surface area (Å²) in [6.45, 7) is 3.82. The van der Waals surface area contributed by atoms with Crippen molar-refractivity contribution in [1.82, 2.24) is 29.7 Å². The van der Waals surface area contributed by atoms with Gasteiger partial charge in [-0.25, -0.2) is 14.5 Å². The number of aromatic nitrogens is 6. The molecule has 2 N–H and O–H groups in total. The zero-order chi connectivity index (χ0) is 20.3. The molecule has 0 aliphatic heterocycles. The van der Waals surface area contributed by atoms with E-state index in [4.69, 9.17) is 10.5 Å². The summed E-state index contributed by atoms with van der Waals surface area (Å²) in [6, 6.07) is 5.50. The summed E-state index contributed by atoms with van der Waals surface area (Å²) < 4.78 is 7.05. The molecule has 0 saturated heterocycles. The zero-order valence-corrected chi connectivity index (χ0v) is 16.2. The number of esters is 1. The van der Waals surface area contributed by atoms with Gasteiger partial charge < -0.3 is 15.4 Å². The molecule has 0 atom stereocenters. The van der Waals surface area contributed by atoms with E-state index in [0.717, 1.165) is 0 Å². The van der Waals surface area contributed by atoms with Crippen molar-refractivity contribution >= 4 is 17.9 Å². The Morgan fingerprint density at radius 3 is 2.68 bits per heavy atom. The van der Waals surface area contributed by atoms with E-state index in [1.54, 1.807) is 29.9 Å². The van der Waals surface area contributed by atoms with Crippen LogP contribution in [0.2, 0.25) is 0 Å². The minimum absolute atomic E-state index is 0.0280. The fourth-order valence-corrected chi connectivity index (χ4v) is 2.63. The lowest BCUT2D eigenvalue weighted by molar-refractivity contribution is 0.0460. The molecule has 3 rings (SSSR count). The second-order valence-electron chi connectivity index (χ2n) is 6.58. The molecule has 0 spiro atoms. The number of nitrogen functional groups attached to an aromatic ring is 1. The lowest BCUT2D eigenvalue weighted by Gasteiger charge is -2.13. The Labute approximate surface area is 162 Å². The van der Waals surface area contributed by atoms with E-state index < -0.39 is 5.97 Å². The van der Waals surface area contributed by atoms with Crippen molar-refractivity contribution in [3.8, 4) is 5.82 Å². The van der Waals surface area contributed by atoms with E-state index in [-0.39, 0.29) is 24.3 Å². The second kappa shape index (κ2) is 7.99. The van der Waals surface area contributed by atoms with Crippen molar-refractivity contribution in [2.24, 2.45) is 0 Å². The number of carbonyl (C=O) groups excluding carboxylic acids is 1. The fourth-order valence-electron chi connectivity index (χ4n) is 2.63. The normalized spacial score (nSPS) is 10.9. The molecule has 0 bridgehead atoms. The highest BCUT2D eigenvalue weighted by Gasteiger charge is 2.23. The first-order valence-corrected chi connectivity index (χ1v) is 8.71. The summed E-state index contributed by atoms with van der Waals surface area (Å²) in [4.78, 5) is 30.9. The number of anilines is 2. The second-order valence-corrected chi connectivity index (χ2v) is 6.58. The molecule has 10 heteroatoms. The Hall–Kier alpha value is -3.56. The minimum Gasteiger partial charge on any atom is -0.454 e. The summed E-state index contributed by atoms with van der Waals surface area (Å²) in [6.07, 6.45) is 3.16. The monoisotopic (exact) mass is 382 g/mol. The first-order valence-electron chi connectivity index (χ1n) is 8.71. The van der Waals surface area contributed by atoms with Gasteiger partial charge in [0.2, 0.25) is 11.9 Å². The molecule has 0 aromatic carbocycles. The van der Waals surface area contributed by atoms with Crippen molar-refractivity contribution in [3.05, 3.63) is 47.7 Å². The third-order valence-electron chi connectivity index (χ3n) is 3.86. The molecular weight excluding hydrogens is 360 g/mol. The van der Waals surface area contributed by atoms with Crippen LogP contribution in [0.5, 0.6) is 0 Å². The van der Waals surface area contributed by atoms with E-state index in [2.05, 4.69) is 25.0 Å². The number of ether oxygens (including phenoxy) is 1. The third-order valence-corrected chi connectivity index (χ3v) is 3.86. The van der Waals surface area contributed by atoms with Crippen LogP contribution in [0, 0.1) is 0 Å². The zero-order valence-electron chi connectivity index (χ0n) is 16.2. The van der Waals surface area contributed by atoms with Gasteiger partial charge in [0.1, 0.15) is 5.56 Å². The lowest BCUT2D eigenvalue weighted by atomic mass is 10.1. The van der Waals surface area contributed by atoms with Gasteiger partial charge in [-0.3, -0.25) is 0 Å². The van der Waals surface area contributed by atoms with Crippen molar-refractivity contribution in [2.45, 2.75) is 26.4 Å². The summed E-state index contributed by atoms with van der Waals surface area (Å²) in [7, 11) is 3.57. The van der Waals surface area contributed by atoms with Gasteiger partial charge in [0.25, 0.3) is 0 Å². The standard InChI is InChI=1S/C18H22N8O2/c1-11(2)15-12(9-21-26(15)14-7-5-6-8-20-14)16(27)28-10-13-22-17(19)24-18(23-13)25(3)4/h5-9,11H,10H2,1-4H3,(H2,19,22,23,24). The Balaban J connectivity index is 1.83. The molecule has 0 aliphatic carbocycles. The number of nitrogens with two attached hydrogens (primary N) is 1. The van der Waals surface area contributed by atoms with Crippen LogP contribution in [0.25, 0.3) is 5.82 Å². The molecular formula is C18H22N8O2. The molecule has 28 heavy (non-hydrogen) atoms. The van der Waals surface area contributed by atoms with Gasteiger partial charge in [0.15, 0.2) is 18.2 Å². The molecule has 3 aromatic heterocycles. The van der Waals surface area contributed by atoms with Crippen LogP contribution in [0.1, 0.15) is 41.6 Å². The van der Waals surface area contributed by atoms with Crippen LogP contribution in [0.3, 0.4) is 0 Å². The van der Waals surface area contributed by atoms with Gasteiger partial charge in [0.05, 0.1) is 11.9 Å². The summed E-state index contributed by atoms with van der Waals surface area (Å²) in [5.74, 6) is 0.871. The van der Waals surface area contributed by atoms with E-state index in [1.165, 1.54) is 6.20 Å². The highest BCUT2D eigenvalue weighted by molar-refractivity contribution is 5.90. The molecule has 0 saturated carbocycles. The molecule has 0 aliphatic rings. The molecule has 146 valence electrons. The van der Waals surface area contributed by atoms with E-state index in [0.29, 0.717) is 23.0 Å². The maximum atomic E-state index is 12.7. The summed E-state index contributed by atoms with van der Waals surface area (Å²) in [5.41, 5.74) is 6.78. The average molecular weight is 382 g/mol. The Bertz CT molecular complexity index is 969. The topological polar surface area (TPSA) is 125 Å². The largest absolute Gasteiger partial charge is 0.454 e. The SMILES string of the molecule is CC(C)c1c(C(=O)OCc2nc(N)nc(N(C)C)n2)cnn1-c1ccccn1. The molecule has 0 fully saturated rings. The molecule has 10 nitrogen and oxygen atoms in total.